The van der Waals surface area contributed by atoms with E-state index in [4.69, 9.17) is 9.15 Å². The van der Waals surface area contributed by atoms with E-state index in [-0.39, 0.29) is 17.3 Å². The summed E-state index contributed by atoms with van der Waals surface area (Å²) in [5.74, 6) is 0.524. The molecular formula is C23H24O5. The van der Waals surface area contributed by atoms with Crippen molar-refractivity contribution in [2.45, 2.75) is 38.5 Å². The van der Waals surface area contributed by atoms with Crippen LogP contribution in [0.2, 0.25) is 0 Å². The first-order chi connectivity index (χ1) is 13.6. The fourth-order valence-corrected chi connectivity index (χ4v) is 4.09. The molecule has 1 aliphatic rings. The van der Waals surface area contributed by atoms with Crippen LogP contribution in [0.3, 0.4) is 0 Å². The number of fused-ring (bicyclic) bond motifs is 1. The SMILES string of the molecule is COc1cc(-c2oc3cc(CC4CCCCC4)ccc3c(=O)c2O)ccc1O. The molecule has 5 nitrogen and oxygen atoms in total. The van der Waals surface area contributed by atoms with Gasteiger partial charge in [0.1, 0.15) is 5.58 Å². The second-order valence-electron chi connectivity index (χ2n) is 7.53. The zero-order chi connectivity index (χ0) is 19.7. The smallest absolute Gasteiger partial charge is 0.235 e. The Bertz CT molecular complexity index is 1060. The van der Waals surface area contributed by atoms with Crippen LogP contribution in [0.25, 0.3) is 22.3 Å². The zero-order valence-corrected chi connectivity index (χ0v) is 15.9. The maximum absolute atomic E-state index is 12.7. The van der Waals surface area contributed by atoms with E-state index >= 15 is 0 Å². The van der Waals surface area contributed by atoms with Gasteiger partial charge in [0, 0.05) is 5.56 Å². The Hall–Kier alpha value is -2.95. The minimum Gasteiger partial charge on any atom is -0.504 e. The van der Waals surface area contributed by atoms with E-state index in [2.05, 4.69) is 0 Å². The van der Waals surface area contributed by atoms with Gasteiger partial charge in [0.2, 0.25) is 11.2 Å². The Morgan fingerprint density at radius 1 is 1.07 bits per heavy atom. The van der Waals surface area contributed by atoms with Crippen molar-refractivity contribution in [3.8, 4) is 28.6 Å². The summed E-state index contributed by atoms with van der Waals surface area (Å²) >= 11 is 0. The topological polar surface area (TPSA) is 79.9 Å². The van der Waals surface area contributed by atoms with Gasteiger partial charge in [-0.05, 0) is 48.2 Å². The van der Waals surface area contributed by atoms with Crippen LogP contribution in [-0.4, -0.2) is 17.3 Å². The van der Waals surface area contributed by atoms with Crippen LogP contribution in [-0.2, 0) is 6.42 Å². The third kappa shape index (κ3) is 3.44. The standard InChI is InChI=1S/C23H24O5/c1-27-20-13-16(8-10-18(20)24)23-22(26)21(25)17-9-7-15(12-19(17)28-23)11-14-5-3-2-4-6-14/h7-10,12-14,24,26H,2-6,11H2,1H3. The Balaban J connectivity index is 1.77. The number of ether oxygens (including phenoxy) is 1. The van der Waals surface area contributed by atoms with E-state index in [0.29, 0.717) is 22.5 Å². The van der Waals surface area contributed by atoms with E-state index in [1.165, 1.54) is 51.3 Å². The molecule has 5 heteroatoms. The van der Waals surface area contributed by atoms with Crippen molar-refractivity contribution in [1.82, 2.24) is 0 Å². The number of hydrogen-bond acceptors (Lipinski definition) is 5. The molecule has 1 aliphatic carbocycles. The molecule has 0 aliphatic heterocycles. The third-order valence-electron chi connectivity index (χ3n) is 5.62. The number of benzene rings is 2. The quantitative estimate of drug-likeness (QED) is 0.666. The van der Waals surface area contributed by atoms with Crippen molar-refractivity contribution in [3.63, 3.8) is 0 Å². The molecule has 1 fully saturated rings. The van der Waals surface area contributed by atoms with Crippen molar-refractivity contribution >= 4 is 11.0 Å². The second-order valence-corrected chi connectivity index (χ2v) is 7.53. The van der Waals surface area contributed by atoms with Crippen LogP contribution in [0.1, 0.15) is 37.7 Å². The minimum absolute atomic E-state index is 0.0244. The average Bonchev–Trinajstić information content (AvgIpc) is 2.72. The summed E-state index contributed by atoms with van der Waals surface area (Å²) in [7, 11) is 1.44. The number of hydrogen-bond donors (Lipinski definition) is 2. The van der Waals surface area contributed by atoms with Gasteiger partial charge in [-0.1, -0.05) is 38.2 Å². The Labute approximate surface area is 163 Å². The molecule has 3 aromatic rings. The molecule has 1 saturated carbocycles. The molecule has 0 saturated heterocycles. The van der Waals surface area contributed by atoms with Crippen molar-refractivity contribution in [3.05, 3.63) is 52.2 Å². The Kier molecular flexibility index (Phi) is 4.99. The molecular weight excluding hydrogens is 356 g/mol. The predicted octanol–water partition coefficient (Wildman–Crippen LogP) is 5.00. The molecule has 2 aromatic carbocycles. The van der Waals surface area contributed by atoms with Crippen LogP contribution in [0.4, 0.5) is 0 Å². The second kappa shape index (κ2) is 7.58. The summed E-state index contributed by atoms with van der Waals surface area (Å²) in [4.78, 5) is 12.7. The molecule has 28 heavy (non-hydrogen) atoms. The highest BCUT2D eigenvalue weighted by Gasteiger charge is 2.18. The molecule has 0 amide bonds. The number of rotatable bonds is 4. The molecule has 4 rings (SSSR count). The zero-order valence-electron chi connectivity index (χ0n) is 15.9. The summed E-state index contributed by atoms with van der Waals surface area (Å²) in [6.45, 7) is 0. The van der Waals surface area contributed by atoms with Gasteiger partial charge < -0.3 is 19.4 Å². The maximum atomic E-state index is 12.7. The van der Waals surface area contributed by atoms with Crippen LogP contribution in [0, 0.1) is 5.92 Å². The number of phenols is 1. The van der Waals surface area contributed by atoms with Crippen molar-refractivity contribution in [1.29, 1.82) is 0 Å². The van der Waals surface area contributed by atoms with Crippen molar-refractivity contribution in [2.24, 2.45) is 5.92 Å². The normalized spacial score (nSPS) is 15.0. The number of phenolic OH excluding ortho intramolecular Hbond substituents is 1. The third-order valence-corrected chi connectivity index (χ3v) is 5.62. The van der Waals surface area contributed by atoms with Gasteiger partial charge in [-0.15, -0.1) is 0 Å². The average molecular weight is 380 g/mol. The van der Waals surface area contributed by atoms with E-state index in [0.717, 1.165) is 12.0 Å². The molecule has 0 atom stereocenters. The van der Waals surface area contributed by atoms with Gasteiger partial charge in [-0.3, -0.25) is 4.79 Å². The lowest BCUT2D eigenvalue weighted by Crippen LogP contribution is -2.09. The summed E-state index contributed by atoms with van der Waals surface area (Å²) in [5.41, 5.74) is 1.59. The summed E-state index contributed by atoms with van der Waals surface area (Å²) in [6.07, 6.45) is 7.36. The van der Waals surface area contributed by atoms with Crippen molar-refractivity contribution in [2.75, 3.05) is 7.11 Å². The lowest BCUT2D eigenvalue weighted by Gasteiger charge is -2.21. The number of methoxy groups -OCH3 is 1. The van der Waals surface area contributed by atoms with Gasteiger partial charge >= 0.3 is 0 Å². The van der Waals surface area contributed by atoms with Crippen LogP contribution in [0.15, 0.2) is 45.6 Å². The van der Waals surface area contributed by atoms with E-state index in [1.807, 2.05) is 12.1 Å². The number of aromatic hydroxyl groups is 2. The van der Waals surface area contributed by atoms with Crippen molar-refractivity contribution < 1.29 is 19.4 Å². The first kappa shape index (κ1) is 18.4. The van der Waals surface area contributed by atoms with Gasteiger partial charge in [-0.25, -0.2) is 0 Å². The van der Waals surface area contributed by atoms with Crippen LogP contribution in [0.5, 0.6) is 17.2 Å². The molecule has 2 N–H and O–H groups in total. The highest BCUT2D eigenvalue weighted by Crippen LogP contribution is 2.36. The highest BCUT2D eigenvalue weighted by atomic mass is 16.5. The van der Waals surface area contributed by atoms with Crippen LogP contribution >= 0.6 is 0 Å². The highest BCUT2D eigenvalue weighted by molar-refractivity contribution is 5.82. The fraction of sp³-hybridized carbons (Fsp3) is 0.348. The van der Waals surface area contributed by atoms with Gasteiger partial charge in [0.25, 0.3) is 0 Å². The van der Waals surface area contributed by atoms with E-state index < -0.39 is 11.2 Å². The summed E-state index contributed by atoms with van der Waals surface area (Å²) in [6, 6.07) is 10.2. The molecule has 0 bridgehead atoms. The molecule has 1 aromatic heterocycles. The molecule has 1 heterocycles. The fourth-order valence-electron chi connectivity index (χ4n) is 4.09. The lowest BCUT2D eigenvalue weighted by atomic mass is 9.85. The largest absolute Gasteiger partial charge is 0.504 e. The maximum Gasteiger partial charge on any atom is 0.235 e. The molecule has 146 valence electrons. The minimum atomic E-state index is -0.465. The predicted molar refractivity (Wildman–Crippen MR) is 108 cm³/mol. The molecule has 0 spiro atoms. The summed E-state index contributed by atoms with van der Waals surface area (Å²) < 4.78 is 11.1. The monoisotopic (exact) mass is 380 g/mol. The lowest BCUT2D eigenvalue weighted by molar-refractivity contribution is 0.356. The summed E-state index contributed by atoms with van der Waals surface area (Å²) in [5, 5.41) is 20.6. The van der Waals surface area contributed by atoms with E-state index in [1.54, 1.807) is 12.1 Å². The molecule has 0 radical (unpaired) electrons. The first-order valence-electron chi connectivity index (χ1n) is 9.73. The van der Waals surface area contributed by atoms with Crippen LogP contribution < -0.4 is 10.2 Å². The Morgan fingerprint density at radius 2 is 1.86 bits per heavy atom. The Morgan fingerprint density at radius 3 is 2.61 bits per heavy atom. The first-order valence-corrected chi connectivity index (χ1v) is 9.73. The van der Waals surface area contributed by atoms with E-state index in [9.17, 15) is 15.0 Å². The van der Waals surface area contributed by atoms with Gasteiger partial charge in [0.05, 0.1) is 12.5 Å². The molecule has 0 unspecified atom stereocenters. The van der Waals surface area contributed by atoms with Gasteiger partial charge in [0.15, 0.2) is 17.3 Å². The van der Waals surface area contributed by atoms with Gasteiger partial charge in [-0.2, -0.15) is 0 Å².